The van der Waals surface area contributed by atoms with Gasteiger partial charge in [0.15, 0.2) is 5.82 Å². The molecule has 0 aromatic carbocycles. The van der Waals surface area contributed by atoms with Crippen LogP contribution in [0.2, 0.25) is 0 Å². The fraction of sp³-hybridized carbons (Fsp3) is 0.333. The van der Waals surface area contributed by atoms with Crippen LogP contribution >= 0.6 is 0 Å². The monoisotopic (exact) mass is 311 g/mol. The number of nitrogens with zero attached hydrogens (tertiary/aromatic N) is 5. The molecule has 3 aromatic rings. The zero-order valence-corrected chi connectivity index (χ0v) is 12.7. The van der Waals surface area contributed by atoms with Crippen LogP contribution in [0.25, 0.3) is 11.5 Å². The molecule has 0 bridgehead atoms. The quantitative estimate of drug-likeness (QED) is 0.758. The molecule has 1 atom stereocenters. The molecule has 1 aliphatic rings. The van der Waals surface area contributed by atoms with Crippen molar-refractivity contribution in [1.29, 1.82) is 0 Å². The molecule has 1 saturated heterocycles. The first-order valence-electron chi connectivity index (χ1n) is 7.59. The largest absolute Gasteiger partial charge is 0.359 e. The predicted octanol–water partition coefficient (Wildman–Crippen LogP) is 1.23. The standard InChI is InChI=1S/C15H17N7O/c1-21-14(11-4-2-8-16-11)19-20-15(21)22-9-3-5-12(22)10-6-7-13(23)18-17-10/h2,4,6-8,12,16H,3,5,9H2,1H3,(H,18,23). The Balaban J connectivity index is 1.69. The first-order valence-corrected chi connectivity index (χ1v) is 7.59. The molecule has 8 heteroatoms. The van der Waals surface area contributed by atoms with Crippen LogP contribution < -0.4 is 10.5 Å². The Kier molecular flexibility index (Phi) is 3.22. The fourth-order valence-corrected chi connectivity index (χ4v) is 3.13. The van der Waals surface area contributed by atoms with Gasteiger partial charge in [-0.15, -0.1) is 10.2 Å². The summed E-state index contributed by atoms with van der Waals surface area (Å²) in [6.45, 7) is 0.891. The molecule has 118 valence electrons. The minimum atomic E-state index is -0.189. The molecular formula is C15H17N7O. The zero-order valence-electron chi connectivity index (χ0n) is 12.7. The molecular weight excluding hydrogens is 294 g/mol. The molecule has 8 nitrogen and oxygen atoms in total. The fourth-order valence-electron chi connectivity index (χ4n) is 3.13. The highest BCUT2D eigenvalue weighted by Gasteiger charge is 2.31. The number of H-pyrrole nitrogens is 2. The summed E-state index contributed by atoms with van der Waals surface area (Å²) in [6, 6.07) is 7.31. The van der Waals surface area contributed by atoms with Gasteiger partial charge in [-0.25, -0.2) is 5.10 Å². The Bertz CT molecular complexity index is 844. The summed E-state index contributed by atoms with van der Waals surface area (Å²) in [5, 5.41) is 15.4. The molecule has 1 unspecified atom stereocenters. The van der Waals surface area contributed by atoms with Gasteiger partial charge in [-0.3, -0.25) is 9.36 Å². The third kappa shape index (κ3) is 2.32. The smallest absolute Gasteiger partial charge is 0.264 e. The third-order valence-electron chi connectivity index (χ3n) is 4.24. The lowest BCUT2D eigenvalue weighted by atomic mass is 10.1. The molecule has 1 aliphatic heterocycles. The van der Waals surface area contributed by atoms with Gasteiger partial charge in [-0.2, -0.15) is 5.10 Å². The highest BCUT2D eigenvalue weighted by atomic mass is 16.1. The van der Waals surface area contributed by atoms with Gasteiger partial charge in [-0.05, 0) is 31.0 Å². The number of aromatic nitrogens is 6. The van der Waals surface area contributed by atoms with Crippen molar-refractivity contribution in [3.8, 4) is 11.5 Å². The van der Waals surface area contributed by atoms with Crippen LogP contribution in [-0.2, 0) is 7.05 Å². The number of aromatic amines is 2. The van der Waals surface area contributed by atoms with Gasteiger partial charge >= 0.3 is 0 Å². The Morgan fingerprint density at radius 2 is 2.17 bits per heavy atom. The van der Waals surface area contributed by atoms with Gasteiger partial charge in [0, 0.05) is 25.9 Å². The van der Waals surface area contributed by atoms with Crippen LogP contribution in [0.4, 0.5) is 5.95 Å². The molecule has 0 saturated carbocycles. The maximum atomic E-state index is 11.2. The van der Waals surface area contributed by atoms with E-state index in [1.807, 2.05) is 29.9 Å². The lowest BCUT2D eigenvalue weighted by Crippen LogP contribution is -2.27. The van der Waals surface area contributed by atoms with Crippen molar-refractivity contribution in [2.75, 3.05) is 11.4 Å². The van der Waals surface area contributed by atoms with E-state index in [1.165, 1.54) is 6.07 Å². The second kappa shape index (κ2) is 5.38. The van der Waals surface area contributed by atoms with Crippen LogP contribution in [0.15, 0.2) is 35.3 Å². The molecule has 1 fully saturated rings. The minimum Gasteiger partial charge on any atom is -0.359 e. The molecule has 3 aromatic heterocycles. The summed E-state index contributed by atoms with van der Waals surface area (Å²) in [7, 11) is 1.96. The lowest BCUT2D eigenvalue weighted by molar-refractivity contribution is 0.652. The van der Waals surface area contributed by atoms with Crippen LogP contribution in [0, 0.1) is 0 Å². The molecule has 4 heterocycles. The first kappa shape index (κ1) is 13.7. The average Bonchev–Trinajstić information content (AvgIpc) is 3.27. The molecule has 4 rings (SSSR count). The summed E-state index contributed by atoms with van der Waals surface area (Å²) in [5.41, 5.74) is 1.60. The summed E-state index contributed by atoms with van der Waals surface area (Å²) in [4.78, 5) is 16.6. The van der Waals surface area contributed by atoms with Crippen LogP contribution in [-0.4, -0.2) is 36.5 Å². The van der Waals surface area contributed by atoms with E-state index >= 15 is 0 Å². The van der Waals surface area contributed by atoms with Gasteiger partial charge in [0.2, 0.25) is 5.95 Å². The second-order valence-corrected chi connectivity index (χ2v) is 5.66. The number of hydrogen-bond acceptors (Lipinski definition) is 5. The highest BCUT2D eigenvalue weighted by Crippen LogP contribution is 2.34. The number of rotatable bonds is 3. The van der Waals surface area contributed by atoms with Crippen molar-refractivity contribution in [3.63, 3.8) is 0 Å². The number of nitrogens with one attached hydrogen (secondary N) is 2. The van der Waals surface area contributed by atoms with Crippen LogP contribution in [0.5, 0.6) is 0 Å². The van der Waals surface area contributed by atoms with Crippen molar-refractivity contribution in [2.45, 2.75) is 18.9 Å². The van der Waals surface area contributed by atoms with Crippen molar-refractivity contribution < 1.29 is 0 Å². The Morgan fingerprint density at radius 1 is 1.26 bits per heavy atom. The van der Waals surface area contributed by atoms with Gasteiger partial charge in [0.25, 0.3) is 5.56 Å². The normalized spacial score (nSPS) is 17.8. The minimum absolute atomic E-state index is 0.103. The summed E-state index contributed by atoms with van der Waals surface area (Å²) >= 11 is 0. The van der Waals surface area contributed by atoms with Crippen molar-refractivity contribution in [1.82, 2.24) is 29.9 Å². The molecule has 0 radical (unpaired) electrons. The van der Waals surface area contributed by atoms with E-state index in [2.05, 4.69) is 30.3 Å². The molecule has 2 N–H and O–H groups in total. The van der Waals surface area contributed by atoms with E-state index in [0.29, 0.717) is 0 Å². The highest BCUT2D eigenvalue weighted by molar-refractivity contribution is 5.53. The zero-order chi connectivity index (χ0) is 15.8. The van der Waals surface area contributed by atoms with Gasteiger partial charge < -0.3 is 9.88 Å². The SMILES string of the molecule is Cn1c(-c2ccc[nH]2)nnc1N1CCCC1c1ccc(=O)[nH]n1. The van der Waals surface area contributed by atoms with Crippen LogP contribution in [0.1, 0.15) is 24.6 Å². The van der Waals surface area contributed by atoms with E-state index in [1.54, 1.807) is 6.07 Å². The van der Waals surface area contributed by atoms with Crippen molar-refractivity contribution in [3.05, 3.63) is 46.5 Å². The molecule has 0 aliphatic carbocycles. The molecule has 23 heavy (non-hydrogen) atoms. The van der Waals surface area contributed by atoms with Crippen LogP contribution in [0.3, 0.4) is 0 Å². The first-order chi connectivity index (χ1) is 11.2. The van der Waals surface area contributed by atoms with E-state index in [4.69, 9.17) is 0 Å². The molecule has 0 amide bonds. The second-order valence-electron chi connectivity index (χ2n) is 5.66. The Labute approximate surface area is 132 Å². The van der Waals surface area contributed by atoms with Gasteiger partial charge in [0.05, 0.1) is 17.4 Å². The summed E-state index contributed by atoms with van der Waals surface area (Å²) < 4.78 is 1.98. The number of hydrogen-bond donors (Lipinski definition) is 2. The third-order valence-corrected chi connectivity index (χ3v) is 4.24. The Hall–Kier alpha value is -2.90. The maximum absolute atomic E-state index is 11.2. The van der Waals surface area contributed by atoms with E-state index in [0.717, 1.165) is 42.5 Å². The predicted molar refractivity (Wildman–Crippen MR) is 85.0 cm³/mol. The Morgan fingerprint density at radius 3 is 2.91 bits per heavy atom. The maximum Gasteiger partial charge on any atom is 0.264 e. The lowest BCUT2D eigenvalue weighted by Gasteiger charge is -2.24. The van der Waals surface area contributed by atoms with E-state index < -0.39 is 0 Å². The van der Waals surface area contributed by atoms with Gasteiger partial charge in [0.1, 0.15) is 0 Å². The number of anilines is 1. The molecule has 0 spiro atoms. The van der Waals surface area contributed by atoms with Crippen molar-refractivity contribution in [2.24, 2.45) is 7.05 Å². The average molecular weight is 311 g/mol. The summed E-state index contributed by atoms with van der Waals surface area (Å²) in [6.07, 6.45) is 3.90. The van der Waals surface area contributed by atoms with Gasteiger partial charge in [-0.1, -0.05) is 0 Å². The van der Waals surface area contributed by atoms with E-state index in [9.17, 15) is 4.79 Å². The summed E-state index contributed by atoms with van der Waals surface area (Å²) in [5.74, 6) is 1.61. The van der Waals surface area contributed by atoms with Crippen molar-refractivity contribution >= 4 is 5.95 Å². The topological polar surface area (TPSA) is 95.5 Å². The van der Waals surface area contributed by atoms with E-state index in [-0.39, 0.29) is 11.6 Å².